The van der Waals surface area contributed by atoms with Crippen molar-refractivity contribution in [3.05, 3.63) is 29.6 Å². The van der Waals surface area contributed by atoms with Crippen molar-refractivity contribution in [2.75, 3.05) is 13.7 Å². The molecule has 16 heavy (non-hydrogen) atoms. The molecule has 1 aliphatic heterocycles. The third-order valence-electron chi connectivity index (χ3n) is 3.19. The Hall–Kier alpha value is -0.930. The highest BCUT2D eigenvalue weighted by molar-refractivity contribution is 5.18. The van der Waals surface area contributed by atoms with E-state index in [-0.39, 0.29) is 6.04 Å². The van der Waals surface area contributed by atoms with Gasteiger partial charge in [-0.3, -0.25) is 4.98 Å². The lowest BCUT2D eigenvalue weighted by Crippen LogP contribution is -2.34. The molecule has 2 heterocycles. The second kappa shape index (κ2) is 5.41. The number of rotatable bonds is 3. The van der Waals surface area contributed by atoms with E-state index in [0.717, 1.165) is 18.7 Å². The van der Waals surface area contributed by atoms with Crippen molar-refractivity contribution in [2.24, 2.45) is 0 Å². The van der Waals surface area contributed by atoms with Crippen LogP contribution in [-0.2, 0) is 4.74 Å². The van der Waals surface area contributed by atoms with Crippen LogP contribution in [0.25, 0.3) is 0 Å². The summed E-state index contributed by atoms with van der Waals surface area (Å²) in [5, 5.41) is 3.34. The van der Waals surface area contributed by atoms with E-state index in [2.05, 4.69) is 22.4 Å². The first-order valence-electron chi connectivity index (χ1n) is 6.02. The van der Waals surface area contributed by atoms with Crippen LogP contribution in [0.3, 0.4) is 0 Å². The van der Waals surface area contributed by atoms with Gasteiger partial charge in [0.15, 0.2) is 0 Å². The average Bonchev–Trinajstić information content (AvgIpc) is 2.34. The smallest absolute Gasteiger partial charge is 0.0770 e. The molecular formula is C13H20N2O. The SMILES string of the molecule is CNC(c1ccc(C)nc1)C1CCCCO1. The summed E-state index contributed by atoms with van der Waals surface area (Å²) < 4.78 is 5.83. The minimum absolute atomic E-state index is 0.272. The topological polar surface area (TPSA) is 34.2 Å². The number of hydrogen-bond donors (Lipinski definition) is 1. The van der Waals surface area contributed by atoms with Crippen LogP contribution in [0.4, 0.5) is 0 Å². The zero-order chi connectivity index (χ0) is 11.4. The fourth-order valence-corrected chi connectivity index (χ4v) is 2.26. The van der Waals surface area contributed by atoms with Crippen LogP contribution >= 0.6 is 0 Å². The highest BCUT2D eigenvalue weighted by Crippen LogP contribution is 2.25. The van der Waals surface area contributed by atoms with E-state index in [4.69, 9.17) is 4.74 Å². The molecular weight excluding hydrogens is 200 g/mol. The van der Waals surface area contributed by atoms with Gasteiger partial charge in [0.05, 0.1) is 12.1 Å². The molecule has 1 aliphatic rings. The van der Waals surface area contributed by atoms with Crippen LogP contribution in [0.1, 0.15) is 36.6 Å². The molecule has 2 unspecified atom stereocenters. The predicted molar refractivity (Wildman–Crippen MR) is 64.4 cm³/mol. The summed E-state index contributed by atoms with van der Waals surface area (Å²) >= 11 is 0. The Labute approximate surface area is 97.2 Å². The quantitative estimate of drug-likeness (QED) is 0.848. The van der Waals surface area contributed by atoms with E-state index in [1.807, 2.05) is 20.2 Å². The zero-order valence-corrected chi connectivity index (χ0v) is 10.1. The van der Waals surface area contributed by atoms with Gasteiger partial charge in [-0.05, 0) is 44.9 Å². The molecule has 0 bridgehead atoms. The molecule has 0 aliphatic carbocycles. The van der Waals surface area contributed by atoms with Crippen LogP contribution in [0.5, 0.6) is 0 Å². The highest BCUT2D eigenvalue weighted by atomic mass is 16.5. The fourth-order valence-electron chi connectivity index (χ4n) is 2.26. The van der Waals surface area contributed by atoms with Gasteiger partial charge in [0.25, 0.3) is 0 Å². The van der Waals surface area contributed by atoms with Crippen LogP contribution in [0, 0.1) is 6.92 Å². The molecule has 1 aromatic rings. The predicted octanol–water partition coefficient (Wildman–Crippen LogP) is 2.22. The number of nitrogens with zero attached hydrogens (tertiary/aromatic N) is 1. The maximum atomic E-state index is 5.83. The normalized spacial score (nSPS) is 23.0. The van der Waals surface area contributed by atoms with Crippen molar-refractivity contribution in [3.63, 3.8) is 0 Å². The van der Waals surface area contributed by atoms with Gasteiger partial charge in [-0.2, -0.15) is 0 Å². The molecule has 0 amide bonds. The van der Waals surface area contributed by atoms with E-state index >= 15 is 0 Å². The molecule has 0 aromatic carbocycles. The van der Waals surface area contributed by atoms with Crippen molar-refractivity contribution in [3.8, 4) is 0 Å². The molecule has 3 heteroatoms. The Kier molecular flexibility index (Phi) is 3.91. The van der Waals surface area contributed by atoms with Gasteiger partial charge in [0, 0.05) is 18.5 Å². The third-order valence-corrected chi connectivity index (χ3v) is 3.19. The molecule has 88 valence electrons. The average molecular weight is 220 g/mol. The van der Waals surface area contributed by atoms with Gasteiger partial charge in [-0.1, -0.05) is 6.07 Å². The molecule has 1 aromatic heterocycles. The van der Waals surface area contributed by atoms with E-state index in [0.29, 0.717) is 6.10 Å². The summed E-state index contributed by atoms with van der Waals surface area (Å²) in [6.07, 6.45) is 5.85. The van der Waals surface area contributed by atoms with E-state index in [9.17, 15) is 0 Å². The lowest BCUT2D eigenvalue weighted by atomic mass is 9.97. The molecule has 1 N–H and O–H groups in total. The van der Waals surface area contributed by atoms with Crippen LogP contribution in [-0.4, -0.2) is 24.7 Å². The number of aromatic nitrogens is 1. The Bertz CT molecular complexity index is 317. The lowest BCUT2D eigenvalue weighted by molar-refractivity contribution is -0.00669. The summed E-state index contributed by atoms with van der Waals surface area (Å²) in [6, 6.07) is 4.47. The van der Waals surface area contributed by atoms with E-state index < -0.39 is 0 Å². The first-order valence-corrected chi connectivity index (χ1v) is 6.02. The summed E-state index contributed by atoms with van der Waals surface area (Å²) in [5.74, 6) is 0. The Morgan fingerprint density at radius 2 is 2.31 bits per heavy atom. The van der Waals surface area contributed by atoms with Crippen molar-refractivity contribution in [1.82, 2.24) is 10.3 Å². The molecule has 1 saturated heterocycles. The number of likely N-dealkylation sites (N-methyl/N-ethyl adjacent to an activating group) is 1. The second-order valence-electron chi connectivity index (χ2n) is 4.40. The number of hydrogen-bond acceptors (Lipinski definition) is 3. The second-order valence-corrected chi connectivity index (χ2v) is 4.40. The minimum Gasteiger partial charge on any atom is -0.376 e. The first-order chi connectivity index (χ1) is 7.81. The largest absolute Gasteiger partial charge is 0.376 e. The fraction of sp³-hybridized carbons (Fsp3) is 0.615. The summed E-state index contributed by atoms with van der Waals surface area (Å²) in [7, 11) is 1.99. The summed E-state index contributed by atoms with van der Waals surface area (Å²) in [6.45, 7) is 2.90. The van der Waals surface area contributed by atoms with Crippen molar-refractivity contribution in [1.29, 1.82) is 0 Å². The van der Waals surface area contributed by atoms with E-state index in [1.165, 1.54) is 18.4 Å². The molecule has 0 radical (unpaired) electrons. The lowest BCUT2D eigenvalue weighted by Gasteiger charge is -2.30. The maximum Gasteiger partial charge on any atom is 0.0770 e. The van der Waals surface area contributed by atoms with E-state index in [1.54, 1.807) is 0 Å². The molecule has 2 rings (SSSR count). The van der Waals surface area contributed by atoms with Crippen molar-refractivity contribution in [2.45, 2.75) is 38.3 Å². The van der Waals surface area contributed by atoms with Crippen LogP contribution in [0.15, 0.2) is 18.3 Å². The highest BCUT2D eigenvalue weighted by Gasteiger charge is 2.24. The van der Waals surface area contributed by atoms with Gasteiger partial charge in [0.1, 0.15) is 0 Å². The summed E-state index contributed by atoms with van der Waals surface area (Å²) in [4.78, 5) is 4.35. The first kappa shape index (κ1) is 11.6. The zero-order valence-electron chi connectivity index (χ0n) is 10.1. The van der Waals surface area contributed by atoms with Crippen molar-refractivity contribution >= 4 is 0 Å². The van der Waals surface area contributed by atoms with Gasteiger partial charge in [0.2, 0.25) is 0 Å². The molecule has 2 atom stereocenters. The minimum atomic E-state index is 0.272. The number of nitrogens with one attached hydrogen (secondary N) is 1. The monoisotopic (exact) mass is 220 g/mol. The molecule has 0 saturated carbocycles. The third kappa shape index (κ3) is 2.60. The van der Waals surface area contributed by atoms with Gasteiger partial charge in [-0.25, -0.2) is 0 Å². The van der Waals surface area contributed by atoms with Crippen LogP contribution in [0.2, 0.25) is 0 Å². The van der Waals surface area contributed by atoms with Crippen LogP contribution < -0.4 is 5.32 Å². The number of aryl methyl sites for hydroxylation is 1. The number of pyridine rings is 1. The van der Waals surface area contributed by atoms with Gasteiger partial charge < -0.3 is 10.1 Å². The van der Waals surface area contributed by atoms with Gasteiger partial charge in [-0.15, -0.1) is 0 Å². The Morgan fingerprint density at radius 3 is 2.88 bits per heavy atom. The van der Waals surface area contributed by atoms with Gasteiger partial charge >= 0.3 is 0 Å². The summed E-state index contributed by atoms with van der Waals surface area (Å²) in [5.41, 5.74) is 2.28. The van der Waals surface area contributed by atoms with Crippen molar-refractivity contribution < 1.29 is 4.74 Å². The maximum absolute atomic E-state index is 5.83. The number of ether oxygens (including phenoxy) is 1. The molecule has 0 spiro atoms. The standard InChI is InChI=1S/C13H20N2O/c1-10-6-7-11(9-15-10)13(14-2)12-5-3-4-8-16-12/h6-7,9,12-14H,3-5,8H2,1-2H3. The Morgan fingerprint density at radius 1 is 1.44 bits per heavy atom. The molecule has 3 nitrogen and oxygen atoms in total. The Balaban J connectivity index is 2.11. The molecule has 1 fully saturated rings.